The van der Waals surface area contributed by atoms with Crippen LogP contribution in [0.1, 0.15) is 30.4 Å². The summed E-state index contributed by atoms with van der Waals surface area (Å²) in [6, 6.07) is 16.0. The highest BCUT2D eigenvalue weighted by molar-refractivity contribution is 7.93. The van der Waals surface area contributed by atoms with Gasteiger partial charge in [0.25, 0.3) is 0 Å². The lowest BCUT2D eigenvalue weighted by Crippen LogP contribution is -2.18. The molecular weight excluding hydrogens is 266 g/mol. The molecule has 2 aromatic carbocycles. The van der Waals surface area contributed by atoms with Crippen LogP contribution in [-0.2, 0) is 9.73 Å². The Morgan fingerprint density at radius 1 is 1.15 bits per heavy atom. The molecule has 0 bridgehead atoms. The Morgan fingerprint density at radius 3 is 2.55 bits per heavy atom. The van der Waals surface area contributed by atoms with Crippen molar-refractivity contribution < 1.29 is 4.21 Å². The van der Waals surface area contributed by atoms with Gasteiger partial charge in [-0.1, -0.05) is 42.8 Å². The van der Waals surface area contributed by atoms with Crippen molar-refractivity contribution in [1.29, 1.82) is 0 Å². The van der Waals surface area contributed by atoms with Gasteiger partial charge in [-0.15, -0.1) is 0 Å². The summed E-state index contributed by atoms with van der Waals surface area (Å²) in [5.74, 6) is 0.960. The Kier molecular flexibility index (Phi) is 3.38. The van der Waals surface area contributed by atoms with Crippen molar-refractivity contribution in [1.82, 2.24) is 0 Å². The molecule has 0 fully saturated rings. The Labute approximate surface area is 121 Å². The molecule has 0 saturated heterocycles. The lowest BCUT2D eigenvalue weighted by Gasteiger charge is -2.25. The van der Waals surface area contributed by atoms with Crippen LogP contribution in [0.15, 0.2) is 57.8 Å². The van der Waals surface area contributed by atoms with Gasteiger partial charge < -0.3 is 0 Å². The maximum atomic E-state index is 13.3. The predicted molar refractivity (Wildman–Crippen MR) is 84.0 cm³/mol. The van der Waals surface area contributed by atoms with E-state index in [9.17, 15) is 4.21 Å². The molecule has 3 rings (SSSR count). The van der Waals surface area contributed by atoms with E-state index in [1.165, 1.54) is 11.1 Å². The summed E-state index contributed by atoms with van der Waals surface area (Å²) in [5, 5.41) is 0. The van der Waals surface area contributed by atoms with E-state index >= 15 is 0 Å². The maximum absolute atomic E-state index is 13.3. The number of hydrogen-bond acceptors (Lipinski definition) is 2. The van der Waals surface area contributed by atoms with Crippen LogP contribution in [-0.4, -0.2) is 9.96 Å². The molecule has 0 aromatic heterocycles. The molecule has 2 atom stereocenters. The molecule has 104 valence electrons. The highest BCUT2D eigenvalue weighted by Crippen LogP contribution is 2.38. The number of rotatable bonds is 2. The van der Waals surface area contributed by atoms with Crippen LogP contribution in [0.3, 0.4) is 0 Å². The highest BCUT2D eigenvalue weighted by atomic mass is 32.2. The van der Waals surface area contributed by atoms with Crippen LogP contribution in [0.25, 0.3) is 0 Å². The number of fused-ring (bicyclic) bond motifs is 1. The van der Waals surface area contributed by atoms with Crippen molar-refractivity contribution >= 4 is 15.4 Å². The largest absolute Gasteiger partial charge is 0.244 e. The zero-order valence-corrected chi connectivity index (χ0v) is 12.7. The third-order valence-corrected chi connectivity index (χ3v) is 6.29. The van der Waals surface area contributed by atoms with Gasteiger partial charge in [0, 0.05) is 10.6 Å². The molecule has 3 heteroatoms. The molecule has 0 spiro atoms. The second kappa shape index (κ2) is 5.06. The molecule has 2 aromatic rings. The minimum Gasteiger partial charge on any atom is -0.244 e. The standard InChI is InChI=1S/C17H19NOS/c1-3-14-12-20(19,15-10-8-13(2)9-11-15)18-17-7-5-4-6-16(14)17/h4-11,14H,3,12H2,1-2H3/t14-,20?/m1/s1. The van der Waals surface area contributed by atoms with E-state index in [0.717, 1.165) is 17.0 Å². The molecular formula is C17H19NOS. The molecule has 1 aliphatic heterocycles. The summed E-state index contributed by atoms with van der Waals surface area (Å²) in [6.07, 6.45) is 0.995. The normalized spacial score (nSPS) is 24.8. The fraction of sp³-hybridized carbons (Fsp3) is 0.294. The quantitative estimate of drug-likeness (QED) is 0.789. The van der Waals surface area contributed by atoms with Crippen molar-refractivity contribution in [3.8, 4) is 0 Å². The predicted octanol–water partition coefficient (Wildman–Crippen LogP) is 4.66. The Hall–Kier alpha value is -1.61. The highest BCUT2D eigenvalue weighted by Gasteiger charge is 2.26. The first kappa shape index (κ1) is 13.4. The zero-order valence-electron chi connectivity index (χ0n) is 11.9. The molecule has 0 saturated carbocycles. The summed E-state index contributed by atoms with van der Waals surface area (Å²) < 4.78 is 17.9. The smallest absolute Gasteiger partial charge is 0.0806 e. The molecule has 1 aliphatic rings. The summed E-state index contributed by atoms with van der Waals surface area (Å²) in [5.41, 5.74) is 3.32. The first-order valence-electron chi connectivity index (χ1n) is 7.03. The van der Waals surface area contributed by atoms with E-state index in [1.807, 2.05) is 49.4 Å². The molecule has 0 aliphatic carbocycles. The van der Waals surface area contributed by atoms with E-state index in [1.54, 1.807) is 0 Å². The van der Waals surface area contributed by atoms with Crippen LogP contribution in [0.4, 0.5) is 5.69 Å². The first-order chi connectivity index (χ1) is 9.62. The minimum atomic E-state index is -2.34. The van der Waals surface area contributed by atoms with Gasteiger partial charge in [-0.3, -0.25) is 0 Å². The van der Waals surface area contributed by atoms with Crippen molar-refractivity contribution in [2.75, 3.05) is 5.75 Å². The van der Waals surface area contributed by atoms with Gasteiger partial charge in [-0.25, -0.2) is 4.21 Å². The van der Waals surface area contributed by atoms with E-state index in [0.29, 0.717) is 11.7 Å². The Morgan fingerprint density at radius 2 is 1.85 bits per heavy atom. The molecule has 20 heavy (non-hydrogen) atoms. The van der Waals surface area contributed by atoms with Crippen LogP contribution < -0.4 is 0 Å². The third kappa shape index (κ3) is 2.27. The van der Waals surface area contributed by atoms with Gasteiger partial charge in [0.15, 0.2) is 0 Å². The third-order valence-electron chi connectivity index (χ3n) is 3.93. The molecule has 1 heterocycles. The summed E-state index contributed by atoms with van der Waals surface area (Å²) >= 11 is 0. The minimum absolute atomic E-state index is 0.331. The fourth-order valence-corrected chi connectivity index (χ4v) is 5.09. The molecule has 2 nitrogen and oxygen atoms in total. The van der Waals surface area contributed by atoms with Crippen molar-refractivity contribution in [2.45, 2.75) is 31.1 Å². The van der Waals surface area contributed by atoms with E-state index < -0.39 is 9.73 Å². The van der Waals surface area contributed by atoms with Gasteiger partial charge in [0.05, 0.1) is 15.4 Å². The monoisotopic (exact) mass is 285 g/mol. The van der Waals surface area contributed by atoms with E-state index in [-0.39, 0.29) is 0 Å². The van der Waals surface area contributed by atoms with E-state index in [2.05, 4.69) is 17.4 Å². The van der Waals surface area contributed by atoms with Gasteiger partial charge >= 0.3 is 0 Å². The van der Waals surface area contributed by atoms with Crippen LogP contribution in [0.2, 0.25) is 0 Å². The number of nitrogens with zero attached hydrogens (tertiary/aromatic N) is 1. The average molecular weight is 285 g/mol. The second-order valence-electron chi connectivity index (χ2n) is 5.38. The van der Waals surface area contributed by atoms with Crippen LogP contribution >= 0.6 is 0 Å². The van der Waals surface area contributed by atoms with E-state index in [4.69, 9.17) is 0 Å². The van der Waals surface area contributed by atoms with Gasteiger partial charge in [-0.05, 0) is 43.0 Å². The molecule has 0 N–H and O–H groups in total. The average Bonchev–Trinajstić information content (AvgIpc) is 2.47. The SMILES string of the molecule is CC[C@@H]1CS(=O)(c2ccc(C)cc2)=Nc2ccccc21. The molecule has 0 amide bonds. The summed E-state index contributed by atoms with van der Waals surface area (Å²) in [6.45, 7) is 4.19. The molecule has 0 radical (unpaired) electrons. The van der Waals surface area contributed by atoms with Gasteiger partial charge in [0.1, 0.15) is 0 Å². The summed E-state index contributed by atoms with van der Waals surface area (Å²) in [7, 11) is -2.34. The Balaban J connectivity index is 2.17. The molecule has 1 unspecified atom stereocenters. The van der Waals surface area contributed by atoms with Crippen molar-refractivity contribution in [3.05, 3.63) is 59.7 Å². The van der Waals surface area contributed by atoms with Crippen LogP contribution in [0.5, 0.6) is 0 Å². The number of hydrogen-bond donors (Lipinski definition) is 0. The van der Waals surface area contributed by atoms with Crippen molar-refractivity contribution in [3.63, 3.8) is 0 Å². The topological polar surface area (TPSA) is 29.4 Å². The lowest BCUT2D eigenvalue weighted by atomic mass is 9.97. The number of benzene rings is 2. The maximum Gasteiger partial charge on any atom is 0.0806 e. The Bertz CT molecular complexity index is 740. The number of aryl methyl sites for hydroxylation is 1. The fourth-order valence-electron chi connectivity index (χ4n) is 2.71. The lowest BCUT2D eigenvalue weighted by molar-refractivity contribution is 0.656. The van der Waals surface area contributed by atoms with Gasteiger partial charge in [0.2, 0.25) is 0 Å². The van der Waals surface area contributed by atoms with Crippen LogP contribution in [0, 0.1) is 6.92 Å². The zero-order chi connectivity index (χ0) is 14.2. The summed E-state index contributed by atoms with van der Waals surface area (Å²) in [4.78, 5) is 0.857. The second-order valence-corrected chi connectivity index (χ2v) is 7.64. The van der Waals surface area contributed by atoms with Gasteiger partial charge in [-0.2, -0.15) is 4.36 Å². The first-order valence-corrected chi connectivity index (χ1v) is 8.71. The van der Waals surface area contributed by atoms with Crippen molar-refractivity contribution in [2.24, 2.45) is 4.36 Å².